The highest BCUT2D eigenvalue weighted by atomic mass is 16.2. The number of rotatable bonds is 7. The molecule has 1 fully saturated rings. The van der Waals surface area contributed by atoms with E-state index in [4.69, 9.17) is 5.84 Å². The fourth-order valence-corrected chi connectivity index (χ4v) is 1.93. The third-order valence-corrected chi connectivity index (χ3v) is 3.25. The second-order valence-electron chi connectivity index (χ2n) is 5.22. The van der Waals surface area contributed by atoms with Crippen molar-refractivity contribution in [2.45, 2.75) is 38.6 Å². The molecule has 21 heavy (non-hydrogen) atoms. The minimum atomic E-state index is -0.252. The van der Waals surface area contributed by atoms with Gasteiger partial charge in [0.05, 0.1) is 11.3 Å². The van der Waals surface area contributed by atoms with Crippen LogP contribution >= 0.6 is 0 Å². The van der Waals surface area contributed by atoms with Gasteiger partial charge in [0.15, 0.2) is 0 Å². The van der Waals surface area contributed by atoms with Crippen LogP contribution in [0.3, 0.4) is 0 Å². The molecule has 0 spiro atoms. The van der Waals surface area contributed by atoms with Gasteiger partial charge in [0.1, 0.15) is 0 Å². The maximum atomic E-state index is 12.0. The predicted octanol–water partition coefficient (Wildman–Crippen LogP) is 0.464. The van der Waals surface area contributed by atoms with Crippen molar-refractivity contribution in [2.75, 3.05) is 12.0 Å². The summed E-state index contributed by atoms with van der Waals surface area (Å²) in [6.07, 6.45) is 4.68. The van der Waals surface area contributed by atoms with Crippen molar-refractivity contribution in [2.24, 2.45) is 5.84 Å². The number of aromatic nitrogens is 1. The lowest BCUT2D eigenvalue weighted by Crippen LogP contribution is -2.29. The lowest BCUT2D eigenvalue weighted by molar-refractivity contribution is -0.121. The molecule has 2 amide bonds. The molecule has 2 rings (SSSR count). The molecule has 1 aromatic rings. The standard InChI is InChI=1S/C14H21N5O2/c1-9-7-12(19-15)11(8-17-9)14(21)16-6-2-3-13(20)18-10-4-5-10/h7-8,10H,2-6,15H2,1H3,(H,16,21)(H,17,19)(H,18,20). The first-order valence-corrected chi connectivity index (χ1v) is 7.11. The van der Waals surface area contributed by atoms with Crippen LogP contribution in [-0.2, 0) is 4.79 Å². The van der Waals surface area contributed by atoms with Crippen LogP contribution in [0.4, 0.5) is 5.69 Å². The number of pyridine rings is 1. The molecule has 7 heteroatoms. The molecular formula is C14H21N5O2. The topological polar surface area (TPSA) is 109 Å². The zero-order valence-corrected chi connectivity index (χ0v) is 12.1. The van der Waals surface area contributed by atoms with Gasteiger partial charge in [-0.15, -0.1) is 0 Å². The Bertz CT molecular complexity index is 528. The minimum Gasteiger partial charge on any atom is -0.353 e. The number of anilines is 1. The molecule has 114 valence electrons. The summed E-state index contributed by atoms with van der Waals surface area (Å²) in [6.45, 7) is 2.26. The molecule has 0 aliphatic heterocycles. The SMILES string of the molecule is Cc1cc(NN)c(C(=O)NCCCC(=O)NC2CC2)cn1. The lowest BCUT2D eigenvalue weighted by Gasteiger charge is -2.10. The van der Waals surface area contributed by atoms with Crippen LogP contribution in [0, 0.1) is 6.92 Å². The molecule has 0 atom stereocenters. The largest absolute Gasteiger partial charge is 0.353 e. The molecule has 1 heterocycles. The quantitative estimate of drug-likeness (QED) is 0.331. The number of nitrogens with zero attached hydrogens (tertiary/aromatic N) is 1. The molecular weight excluding hydrogens is 270 g/mol. The summed E-state index contributed by atoms with van der Waals surface area (Å²) in [5.41, 5.74) is 4.19. The Morgan fingerprint density at radius 2 is 2.19 bits per heavy atom. The Morgan fingerprint density at radius 3 is 2.86 bits per heavy atom. The highest BCUT2D eigenvalue weighted by Gasteiger charge is 2.22. The summed E-state index contributed by atoms with van der Waals surface area (Å²) in [5, 5.41) is 5.67. The highest BCUT2D eigenvalue weighted by Crippen LogP contribution is 2.18. The van der Waals surface area contributed by atoms with E-state index in [1.54, 1.807) is 6.07 Å². The molecule has 7 nitrogen and oxygen atoms in total. The van der Waals surface area contributed by atoms with Gasteiger partial charge in [-0.25, -0.2) is 0 Å². The van der Waals surface area contributed by atoms with E-state index < -0.39 is 0 Å². The monoisotopic (exact) mass is 291 g/mol. The summed E-state index contributed by atoms with van der Waals surface area (Å²) in [6, 6.07) is 2.08. The number of nitrogens with one attached hydrogen (secondary N) is 3. The summed E-state index contributed by atoms with van der Waals surface area (Å²) < 4.78 is 0. The van der Waals surface area contributed by atoms with Gasteiger partial charge in [0, 0.05) is 30.9 Å². The van der Waals surface area contributed by atoms with E-state index in [0.717, 1.165) is 18.5 Å². The highest BCUT2D eigenvalue weighted by molar-refractivity contribution is 5.99. The van der Waals surface area contributed by atoms with Gasteiger partial charge in [-0.3, -0.25) is 20.4 Å². The maximum Gasteiger partial charge on any atom is 0.255 e. The number of hydrazine groups is 1. The molecule has 0 aromatic carbocycles. The molecule has 1 aromatic heterocycles. The summed E-state index contributed by atoms with van der Waals surface area (Å²) in [5.74, 6) is 5.19. The van der Waals surface area contributed by atoms with Crippen molar-refractivity contribution in [3.8, 4) is 0 Å². The molecule has 1 aliphatic carbocycles. The maximum absolute atomic E-state index is 12.0. The Morgan fingerprint density at radius 1 is 1.43 bits per heavy atom. The van der Waals surface area contributed by atoms with Crippen LogP contribution in [0.15, 0.2) is 12.3 Å². The number of nitrogens with two attached hydrogens (primary N) is 1. The second-order valence-corrected chi connectivity index (χ2v) is 5.22. The Kier molecular flexibility index (Phi) is 5.10. The van der Waals surface area contributed by atoms with Gasteiger partial charge in [0.25, 0.3) is 5.91 Å². The van der Waals surface area contributed by atoms with Crippen molar-refractivity contribution in [1.29, 1.82) is 0 Å². The van der Waals surface area contributed by atoms with Crippen molar-refractivity contribution in [1.82, 2.24) is 15.6 Å². The molecule has 1 saturated carbocycles. The first-order chi connectivity index (χ1) is 10.1. The fraction of sp³-hybridized carbons (Fsp3) is 0.500. The molecule has 1 aliphatic rings. The van der Waals surface area contributed by atoms with E-state index in [2.05, 4.69) is 21.0 Å². The van der Waals surface area contributed by atoms with Crippen molar-refractivity contribution in [3.63, 3.8) is 0 Å². The Hall–Kier alpha value is -2.15. The molecule has 0 saturated heterocycles. The Balaban J connectivity index is 1.75. The van der Waals surface area contributed by atoms with Gasteiger partial charge >= 0.3 is 0 Å². The van der Waals surface area contributed by atoms with E-state index in [9.17, 15) is 9.59 Å². The number of hydrogen-bond acceptors (Lipinski definition) is 5. The Labute approximate surface area is 123 Å². The zero-order chi connectivity index (χ0) is 15.2. The van der Waals surface area contributed by atoms with E-state index in [1.165, 1.54) is 6.20 Å². The van der Waals surface area contributed by atoms with E-state index >= 15 is 0 Å². The smallest absolute Gasteiger partial charge is 0.255 e. The molecule has 0 radical (unpaired) electrons. The number of hydrogen-bond donors (Lipinski definition) is 4. The van der Waals surface area contributed by atoms with Gasteiger partial charge in [-0.05, 0) is 32.3 Å². The minimum absolute atomic E-state index is 0.0491. The molecule has 0 bridgehead atoms. The first-order valence-electron chi connectivity index (χ1n) is 7.11. The van der Waals surface area contributed by atoms with Crippen LogP contribution in [0.1, 0.15) is 41.7 Å². The van der Waals surface area contributed by atoms with Crippen LogP contribution < -0.4 is 21.9 Å². The van der Waals surface area contributed by atoms with Crippen molar-refractivity contribution < 1.29 is 9.59 Å². The van der Waals surface area contributed by atoms with Crippen LogP contribution in [0.2, 0.25) is 0 Å². The van der Waals surface area contributed by atoms with Crippen LogP contribution in [0.25, 0.3) is 0 Å². The predicted molar refractivity (Wildman–Crippen MR) is 79.5 cm³/mol. The summed E-state index contributed by atoms with van der Waals surface area (Å²) >= 11 is 0. The van der Waals surface area contributed by atoms with E-state index in [0.29, 0.717) is 36.7 Å². The summed E-state index contributed by atoms with van der Waals surface area (Å²) in [7, 11) is 0. The number of carbonyl (C=O) groups is 2. The van der Waals surface area contributed by atoms with Crippen molar-refractivity contribution in [3.05, 3.63) is 23.5 Å². The van der Waals surface area contributed by atoms with Gasteiger partial charge in [-0.2, -0.15) is 0 Å². The number of nitrogen functional groups attached to an aromatic ring is 1. The third-order valence-electron chi connectivity index (χ3n) is 3.25. The lowest BCUT2D eigenvalue weighted by atomic mass is 10.2. The average Bonchev–Trinajstić information content (AvgIpc) is 3.27. The number of amides is 2. The third kappa shape index (κ3) is 4.71. The zero-order valence-electron chi connectivity index (χ0n) is 12.1. The summed E-state index contributed by atoms with van der Waals surface area (Å²) in [4.78, 5) is 27.6. The number of carbonyl (C=O) groups excluding carboxylic acids is 2. The second kappa shape index (κ2) is 7.03. The molecule has 5 N–H and O–H groups in total. The molecule has 0 unspecified atom stereocenters. The van der Waals surface area contributed by atoms with E-state index in [1.807, 2.05) is 6.92 Å². The van der Waals surface area contributed by atoms with Crippen molar-refractivity contribution >= 4 is 17.5 Å². The fourth-order valence-electron chi connectivity index (χ4n) is 1.93. The first kappa shape index (κ1) is 15.2. The van der Waals surface area contributed by atoms with Gasteiger partial charge in [0.2, 0.25) is 5.91 Å². The van der Waals surface area contributed by atoms with Gasteiger partial charge in [-0.1, -0.05) is 0 Å². The average molecular weight is 291 g/mol. The number of aryl methyl sites for hydroxylation is 1. The van der Waals surface area contributed by atoms with E-state index in [-0.39, 0.29) is 11.8 Å². The van der Waals surface area contributed by atoms with Crippen LogP contribution in [0.5, 0.6) is 0 Å². The van der Waals surface area contributed by atoms with Gasteiger partial charge < -0.3 is 16.1 Å². The normalized spacial score (nSPS) is 13.6. The van der Waals surface area contributed by atoms with Crippen LogP contribution in [-0.4, -0.2) is 29.4 Å².